The van der Waals surface area contributed by atoms with E-state index in [1.807, 2.05) is 36.4 Å². The number of hydrogen-bond acceptors (Lipinski definition) is 4. The van der Waals surface area contributed by atoms with Gasteiger partial charge in [0.25, 0.3) is 0 Å². The highest BCUT2D eigenvalue weighted by atomic mass is 35.5. The Morgan fingerprint density at radius 2 is 1.43 bits per heavy atom. The molecule has 0 aliphatic rings. The third-order valence-electron chi connectivity index (χ3n) is 4.53. The molecule has 0 unspecified atom stereocenters. The van der Waals surface area contributed by atoms with Crippen molar-refractivity contribution in [3.05, 3.63) is 86.4 Å². The highest BCUT2D eigenvalue weighted by Gasteiger charge is 2.12. The smallest absolute Gasteiger partial charge is 0.163 e. The molecule has 0 bridgehead atoms. The van der Waals surface area contributed by atoms with Crippen molar-refractivity contribution in [3.63, 3.8) is 0 Å². The molecule has 0 amide bonds. The molecule has 0 aromatic heterocycles. The number of hydrogen-bond donors (Lipinski definition) is 1. The molecule has 4 nitrogen and oxygen atoms in total. The fourth-order valence-electron chi connectivity index (χ4n) is 2.96. The van der Waals surface area contributed by atoms with Gasteiger partial charge in [0, 0.05) is 29.7 Å². The second-order valence-electron chi connectivity index (χ2n) is 6.55. The van der Waals surface area contributed by atoms with Gasteiger partial charge in [-0.1, -0.05) is 59.1 Å². The van der Waals surface area contributed by atoms with Gasteiger partial charge in [-0.2, -0.15) is 0 Å². The molecule has 7 heteroatoms. The van der Waals surface area contributed by atoms with E-state index in [1.165, 1.54) is 0 Å². The predicted molar refractivity (Wildman–Crippen MR) is 122 cm³/mol. The Balaban J connectivity index is 1.66. The molecule has 0 fully saturated rings. The Morgan fingerprint density at radius 3 is 2.17 bits per heavy atom. The largest absolute Gasteiger partial charge is 0.496 e. The lowest BCUT2D eigenvalue weighted by Gasteiger charge is -2.15. The number of benzene rings is 3. The third-order valence-corrected chi connectivity index (χ3v) is 5.63. The molecule has 1 N–H and O–H groups in total. The first-order chi connectivity index (χ1) is 14.5. The van der Waals surface area contributed by atoms with E-state index in [0.29, 0.717) is 46.3 Å². The van der Waals surface area contributed by atoms with Crippen molar-refractivity contribution in [2.24, 2.45) is 0 Å². The molecule has 3 rings (SSSR count). The molecule has 0 aliphatic carbocycles. The Morgan fingerprint density at radius 1 is 0.700 bits per heavy atom. The highest BCUT2D eigenvalue weighted by Crippen LogP contribution is 2.34. The van der Waals surface area contributed by atoms with Gasteiger partial charge in [0.15, 0.2) is 11.5 Å². The Bertz CT molecular complexity index is 1010. The maximum Gasteiger partial charge on any atom is 0.163 e. The molecule has 0 atom stereocenters. The summed E-state index contributed by atoms with van der Waals surface area (Å²) in [6, 6.07) is 16.9. The maximum absolute atomic E-state index is 6.49. The van der Waals surface area contributed by atoms with Gasteiger partial charge in [-0.3, -0.25) is 0 Å². The monoisotopic (exact) mass is 465 g/mol. The Labute approximate surface area is 191 Å². The van der Waals surface area contributed by atoms with Crippen LogP contribution in [0.2, 0.25) is 15.1 Å². The molecule has 0 heterocycles. The zero-order chi connectivity index (χ0) is 21.5. The minimum Gasteiger partial charge on any atom is -0.496 e. The average Bonchev–Trinajstić information content (AvgIpc) is 2.76. The third kappa shape index (κ3) is 5.73. The molecule has 0 saturated carbocycles. The first-order valence-corrected chi connectivity index (χ1v) is 10.4. The van der Waals surface area contributed by atoms with Gasteiger partial charge in [0.2, 0.25) is 0 Å². The zero-order valence-electron chi connectivity index (χ0n) is 16.7. The van der Waals surface area contributed by atoms with Gasteiger partial charge < -0.3 is 19.5 Å². The fraction of sp³-hybridized carbons (Fsp3) is 0.217. The maximum atomic E-state index is 6.49. The number of halogens is 3. The minimum atomic E-state index is 0.314. The second kappa shape index (κ2) is 10.8. The van der Waals surface area contributed by atoms with Crippen LogP contribution >= 0.6 is 34.8 Å². The second-order valence-corrected chi connectivity index (χ2v) is 7.77. The van der Waals surface area contributed by atoms with Crippen molar-refractivity contribution in [3.8, 4) is 17.2 Å². The lowest BCUT2D eigenvalue weighted by atomic mass is 10.1. The number of ether oxygens (including phenoxy) is 3. The molecule has 3 aromatic rings. The van der Waals surface area contributed by atoms with Crippen LogP contribution < -0.4 is 19.5 Å². The van der Waals surface area contributed by atoms with E-state index >= 15 is 0 Å². The summed E-state index contributed by atoms with van der Waals surface area (Å²) in [5.41, 5.74) is 2.88. The fourth-order valence-corrected chi connectivity index (χ4v) is 3.50. The van der Waals surface area contributed by atoms with E-state index in [-0.39, 0.29) is 0 Å². The van der Waals surface area contributed by atoms with E-state index in [1.54, 1.807) is 32.4 Å². The summed E-state index contributed by atoms with van der Waals surface area (Å²) in [5.74, 6) is 2.01. The van der Waals surface area contributed by atoms with Crippen molar-refractivity contribution < 1.29 is 14.2 Å². The van der Waals surface area contributed by atoms with Gasteiger partial charge in [-0.15, -0.1) is 0 Å². The van der Waals surface area contributed by atoms with Gasteiger partial charge in [0.05, 0.1) is 24.3 Å². The molecular weight excluding hydrogens is 445 g/mol. The van der Waals surface area contributed by atoms with Gasteiger partial charge in [0.1, 0.15) is 12.4 Å². The lowest BCUT2D eigenvalue weighted by molar-refractivity contribution is 0.284. The number of rotatable bonds is 9. The van der Waals surface area contributed by atoms with Crippen LogP contribution in [0.25, 0.3) is 0 Å². The molecule has 158 valence electrons. The van der Waals surface area contributed by atoms with E-state index in [4.69, 9.17) is 49.0 Å². The van der Waals surface area contributed by atoms with Gasteiger partial charge in [-0.05, 0) is 35.4 Å². The van der Waals surface area contributed by atoms with Gasteiger partial charge >= 0.3 is 0 Å². The highest BCUT2D eigenvalue weighted by molar-refractivity contribution is 6.42. The van der Waals surface area contributed by atoms with Crippen LogP contribution in [0, 0.1) is 0 Å². The molecule has 0 saturated heterocycles. The standard InChI is InChI=1S/C23H22Cl3NO3/c1-28-21-6-4-3-5-16(21)12-27-13-17-10-22(29-2)23(11-19(17)25)30-14-15-7-8-18(24)20(26)9-15/h3-11,27H,12-14H2,1-2H3. The Hall–Kier alpha value is -2.11. The van der Waals surface area contributed by atoms with Crippen molar-refractivity contribution >= 4 is 34.8 Å². The number of para-hydroxylation sites is 1. The quantitative estimate of drug-likeness (QED) is 0.389. The predicted octanol–water partition coefficient (Wildman–Crippen LogP) is 6.53. The SMILES string of the molecule is COc1ccccc1CNCc1cc(OC)c(OCc2ccc(Cl)c(Cl)c2)cc1Cl. The molecule has 30 heavy (non-hydrogen) atoms. The molecule has 0 radical (unpaired) electrons. The molecule has 0 aliphatic heterocycles. The first kappa shape index (κ1) is 22.6. The van der Waals surface area contributed by atoms with Crippen LogP contribution in [0.3, 0.4) is 0 Å². The summed E-state index contributed by atoms with van der Waals surface area (Å²) < 4.78 is 16.8. The van der Waals surface area contributed by atoms with Crippen LogP contribution in [0.5, 0.6) is 17.2 Å². The van der Waals surface area contributed by atoms with Crippen molar-refractivity contribution in [2.45, 2.75) is 19.7 Å². The summed E-state index contributed by atoms with van der Waals surface area (Å²) in [6.07, 6.45) is 0. The topological polar surface area (TPSA) is 39.7 Å². The van der Waals surface area contributed by atoms with E-state index in [0.717, 1.165) is 22.4 Å². The van der Waals surface area contributed by atoms with E-state index < -0.39 is 0 Å². The normalized spacial score (nSPS) is 10.7. The summed E-state index contributed by atoms with van der Waals surface area (Å²) in [5, 5.41) is 4.97. The summed E-state index contributed by atoms with van der Waals surface area (Å²) in [6.45, 7) is 1.54. The zero-order valence-corrected chi connectivity index (χ0v) is 18.9. The van der Waals surface area contributed by atoms with Gasteiger partial charge in [-0.25, -0.2) is 0 Å². The molecule has 0 spiro atoms. The summed E-state index contributed by atoms with van der Waals surface area (Å²) in [7, 11) is 3.26. The van der Waals surface area contributed by atoms with Crippen molar-refractivity contribution in [2.75, 3.05) is 14.2 Å². The van der Waals surface area contributed by atoms with Crippen LogP contribution in [0.15, 0.2) is 54.6 Å². The number of methoxy groups -OCH3 is 2. The Kier molecular flexibility index (Phi) is 8.11. The number of nitrogens with one attached hydrogen (secondary N) is 1. The van der Waals surface area contributed by atoms with Crippen molar-refractivity contribution in [1.29, 1.82) is 0 Å². The lowest BCUT2D eigenvalue weighted by Crippen LogP contribution is -2.14. The van der Waals surface area contributed by atoms with Crippen molar-refractivity contribution in [1.82, 2.24) is 5.32 Å². The molecular formula is C23H22Cl3NO3. The van der Waals surface area contributed by atoms with Crippen LogP contribution in [-0.2, 0) is 19.7 Å². The first-order valence-electron chi connectivity index (χ1n) is 9.27. The summed E-state index contributed by atoms with van der Waals surface area (Å²) in [4.78, 5) is 0. The van der Waals surface area contributed by atoms with E-state index in [2.05, 4.69) is 5.32 Å². The van der Waals surface area contributed by atoms with Crippen LogP contribution in [-0.4, -0.2) is 14.2 Å². The minimum absolute atomic E-state index is 0.314. The van der Waals surface area contributed by atoms with Crippen LogP contribution in [0.4, 0.5) is 0 Å². The summed E-state index contributed by atoms with van der Waals surface area (Å²) >= 11 is 18.5. The van der Waals surface area contributed by atoms with E-state index in [9.17, 15) is 0 Å². The molecule has 3 aromatic carbocycles. The average molecular weight is 467 g/mol. The van der Waals surface area contributed by atoms with Crippen LogP contribution in [0.1, 0.15) is 16.7 Å².